The maximum atomic E-state index is 12.3. The summed E-state index contributed by atoms with van der Waals surface area (Å²) in [5, 5.41) is 15.2. The highest BCUT2D eigenvalue weighted by molar-refractivity contribution is 5.93. The Morgan fingerprint density at radius 2 is 2.22 bits per heavy atom. The zero-order valence-electron chi connectivity index (χ0n) is 13.1. The number of benzene rings is 1. The van der Waals surface area contributed by atoms with Crippen LogP contribution in [0.1, 0.15) is 24.7 Å². The fraction of sp³-hybridized carbons (Fsp3) is 0.312. The zero-order chi connectivity index (χ0) is 16.8. The molecule has 1 aromatic carbocycles. The predicted molar refractivity (Wildman–Crippen MR) is 82.3 cm³/mol. The molecule has 2 aromatic rings. The molecule has 0 unspecified atom stereocenters. The maximum Gasteiger partial charge on any atom is 0.266 e. The molecule has 0 radical (unpaired) electrons. The van der Waals surface area contributed by atoms with Gasteiger partial charge in [-0.3, -0.25) is 4.79 Å². The van der Waals surface area contributed by atoms with Crippen LogP contribution >= 0.6 is 0 Å². The fourth-order valence-electron chi connectivity index (χ4n) is 1.94. The lowest BCUT2D eigenvalue weighted by atomic mass is 10.2. The van der Waals surface area contributed by atoms with E-state index in [0.29, 0.717) is 35.1 Å². The summed E-state index contributed by atoms with van der Waals surface area (Å²) in [4.78, 5) is 12.3. The molecule has 1 aromatic heterocycles. The molecule has 2 rings (SSSR count). The first-order valence-electron chi connectivity index (χ1n) is 7.06. The molecule has 1 atom stereocenters. The summed E-state index contributed by atoms with van der Waals surface area (Å²) in [7, 11) is 1.47. The third-order valence-electron chi connectivity index (χ3n) is 3.10. The van der Waals surface area contributed by atoms with Gasteiger partial charge in [0.2, 0.25) is 0 Å². The summed E-state index contributed by atoms with van der Waals surface area (Å²) in [6.07, 6.45) is -0.278. The Balaban J connectivity index is 2.12. The molecule has 0 saturated heterocycles. The second-order valence-electron chi connectivity index (χ2n) is 4.80. The number of carbonyl (C=O) groups is 1. The van der Waals surface area contributed by atoms with Gasteiger partial charge >= 0.3 is 0 Å². The number of rotatable bonds is 6. The van der Waals surface area contributed by atoms with Gasteiger partial charge in [0.25, 0.3) is 5.91 Å². The average Bonchev–Trinajstić information content (AvgIpc) is 2.97. The maximum absolute atomic E-state index is 12.3. The van der Waals surface area contributed by atoms with Crippen LogP contribution in [0.4, 0.5) is 5.82 Å². The van der Waals surface area contributed by atoms with E-state index in [9.17, 15) is 4.79 Å². The number of aromatic nitrogens is 1. The normalized spacial score (nSPS) is 11.4. The predicted octanol–water partition coefficient (Wildman–Crippen LogP) is 2.66. The van der Waals surface area contributed by atoms with Crippen LogP contribution in [0.5, 0.6) is 11.5 Å². The first-order chi connectivity index (χ1) is 11.1. The number of nitriles is 1. The van der Waals surface area contributed by atoms with Gasteiger partial charge in [0.15, 0.2) is 23.4 Å². The van der Waals surface area contributed by atoms with Crippen LogP contribution in [0.15, 0.2) is 28.8 Å². The monoisotopic (exact) mass is 315 g/mol. The van der Waals surface area contributed by atoms with Crippen molar-refractivity contribution < 1.29 is 18.8 Å². The van der Waals surface area contributed by atoms with Gasteiger partial charge in [-0.25, -0.2) is 0 Å². The minimum Gasteiger partial charge on any atom is -0.493 e. The summed E-state index contributed by atoms with van der Waals surface area (Å²) < 4.78 is 15.8. The summed E-state index contributed by atoms with van der Waals surface area (Å²) in [5.41, 5.74) is 0.449. The van der Waals surface area contributed by atoms with Crippen LogP contribution in [0.25, 0.3) is 0 Å². The summed E-state index contributed by atoms with van der Waals surface area (Å²) in [6, 6.07) is 8.40. The standard InChI is InChI=1S/C16H17N3O4/c1-4-12(16(20)18-15-7-10(2)23-19-15)22-13-6-5-11(9-17)8-14(13)21-3/h5-8,12H,4H2,1-3H3,(H,18,19,20)/t12-/m1/s1. The van der Waals surface area contributed by atoms with Gasteiger partial charge in [-0.2, -0.15) is 5.26 Å². The summed E-state index contributed by atoms with van der Waals surface area (Å²) in [5.74, 6) is 1.38. The highest BCUT2D eigenvalue weighted by atomic mass is 16.5. The minimum absolute atomic E-state index is 0.335. The first kappa shape index (κ1) is 16.4. The molecule has 1 N–H and O–H groups in total. The molecule has 23 heavy (non-hydrogen) atoms. The lowest BCUT2D eigenvalue weighted by molar-refractivity contribution is -0.122. The molecule has 120 valence electrons. The molecule has 7 heteroatoms. The van der Waals surface area contributed by atoms with E-state index in [1.807, 2.05) is 13.0 Å². The number of nitrogens with zero attached hydrogens (tertiary/aromatic N) is 2. The molecular weight excluding hydrogens is 298 g/mol. The Bertz CT molecular complexity index is 733. The molecule has 0 bridgehead atoms. The zero-order valence-corrected chi connectivity index (χ0v) is 13.1. The van der Waals surface area contributed by atoms with Crippen molar-refractivity contribution in [3.05, 3.63) is 35.6 Å². The number of amides is 1. The van der Waals surface area contributed by atoms with Crippen molar-refractivity contribution in [1.29, 1.82) is 5.26 Å². The molecule has 0 spiro atoms. The Morgan fingerprint density at radius 3 is 2.78 bits per heavy atom. The van der Waals surface area contributed by atoms with Crippen LogP contribution in [0.2, 0.25) is 0 Å². The van der Waals surface area contributed by atoms with Crippen molar-refractivity contribution >= 4 is 11.7 Å². The van der Waals surface area contributed by atoms with Crippen LogP contribution in [0.3, 0.4) is 0 Å². The Kier molecular flexibility index (Phi) is 5.20. The van der Waals surface area contributed by atoms with Gasteiger partial charge in [-0.1, -0.05) is 12.1 Å². The van der Waals surface area contributed by atoms with Crippen molar-refractivity contribution in [2.24, 2.45) is 0 Å². The Labute approximate surface area is 133 Å². The van der Waals surface area contributed by atoms with Crippen LogP contribution in [0, 0.1) is 18.3 Å². The lowest BCUT2D eigenvalue weighted by Crippen LogP contribution is -2.32. The molecule has 0 saturated carbocycles. The third-order valence-corrected chi connectivity index (χ3v) is 3.10. The number of hydrogen-bond acceptors (Lipinski definition) is 6. The molecule has 1 heterocycles. The molecular formula is C16H17N3O4. The smallest absolute Gasteiger partial charge is 0.266 e. The minimum atomic E-state index is -0.728. The van der Waals surface area contributed by atoms with Crippen LogP contribution in [-0.4, -0.2) is 24.3 Å². The SMILES string of the molecule is CC[C@@H](Oc1ccc(C#N)cc1OC)C(=O)Nc1cc(C)on1. The second-order valence-corrected chi connectivity index (χ2v) is 4.80. The van der Waals surface area contributed by atoms with E-state index in [-0.39, 0.29) is 5.91 Å². The molecule has 1 amide bonds. The number of methoxy groups -OCH3 is 1. The van der Waals surface area contributed by atoms with E-state index in [4.69, 9.17) is 19.3 Å². The van der Waals surface area contributed by atoms with Crippen molar-refractivity contribution in [2.75, 3.05) is 12.4 Å². The topological polar surface area (TPSA) is 97.4 Å². The Hall–Kier alpha value is -3.01. The molecule has 7 nitrogen and oxygen atoms in total. The van der Waals surface area contributed by atoms with Crippen LogP contribution < -0.4 is 14.8 Å². The highest BCUT2D eigenvalue weighted by Gasteiger charge is 2.21. The molecule has 0 aliphatic rings. The van der Waals surface area contributed by atoms with E-state index in [1.54, 1.807) is 31.2 Å². The van der Waals surface area contributed by atoms with Crippen molar-refractivity contribution in [1.82, 2.24) is 5.16 Å². The van der Waals surface area contributed by atoms with Crippen LogP contribution in [-0.2, 0) is 4.79 Å². The fourth-order valence-corrected chi connectivity index (χ4v) is 1.94. The Morgan fingerprint density at radius 1 is 1.43 bits per heavy atom. The average molecular weight is 315 g/mol. The van der Waals surface area contributed by atoms with Gasteiger partial charge < -0.3 is 19.3 Å². The number of aryl methyl sites for hydroxylation is 1. The third kappa shape index (κ3) is 4.01. The largest absolute Gasteiger partial charge is 0.493 e. The number of nitrogens with one attached hydrogen (secondary N) is 1. The van der Waals surface area contributed by atoms with Crippen molar-refractivity contribution in [2.45, 2.75) is 26.4 Å². The number of carbonyl (C=O) groups excluding carboxylic acids is 1. The van der Waals surface area contributed by atoms with E-state index >= 15 is 0 Å². The second kappa shape index (κ2) is 7.31. The van der Waals surface area contributed by atoms with Crippen molar-refractivity contribution in [3.8, 4) is 17.6 Å². The first-order valence-corrected chi connectivity index (χ1v) is 7.06. The molecule has 0 aliphatic heterocycles. The lowest BCUT2D eigenvalue weighted by Gasteiger charge is -2.18. The van der Waals surface area contributed by atoms with Crippen molar-refractivity contribution in [3.63, 3.8) is 0 Å². The summed E-state index contributed by atoms with van der Waals surface area (Å²) >= 11 is 0. The summed E-state index contributed by atoms with van der Waals surface area (Å²) in [6.45, 7) is 3.56. The van der Waals surface area contributed by atoms with Gasteiger partial charge in [0.1, 0.15) is 5.76 Å². The number of hydrogen-bond donors (Lipinski definition) is 1. The van der Waals surface area contributed by atoms with Gasteiger partial charge in [0.05, 0.1) is 18.7 Å². The van der Waals surface area contributed by atoms with Gasteiger partial charge in [0, 0.05) is 12.1 Å². The molecule has 0 fully saturated rings. The van der Waals surface area contributed by atoms with E-state index in [2.05, 4.69) is 10.5 Å². The van der Waals surface area contributed by atoms with Gasteiger partial charge in [-0.15, -0.1) is 0 Å². The van der Waals surface area contributed by atoms with E-state index in [1.165, 1.54) is 7.11 Å². The van der Waals surface area contributed by atoms with E-state index < -0.39 is 6.10 Å². The number of anilines is 1. The quantitative estimate of drug-likeness (QED) is 0.880. The number of ether oxygens (including phenoxy) is 2. The molecule has 0 aliphatic carbocycles. The van der Waals surface area contributed by atoms with E-state index in [0.717, 1.165) is 0 Å². The van der Waals surface area contributed by atoms with Gasteiger partial charge in [-0.05, 0) is 25.5 Å². The highest BCUT2D eigenvalue weighted by Crippen LogP contribution is 2.29.